The van der Waals surface area contributed by atoms with Gasteiger partial charge in [-0.3, -0.25) is 4.98 Å². The van der Waals surface area contributed by atoms with Crippen LogP contribution in [0.3, 0.4) is 0 Å². The van der Waals surface area contributed by atoms with E-state index in [1.54, 1.807) is 0 Å². The fourth-order valence-electron chi connectivity index (χ4n) is 2.35. The highest BCUT2D eigenvalue weighted by atomic mass is 14.8. The molecule has 0 saturated heterocycles. The van der Waals surface area contributed by atoms with Gasteiger partial charge < -0.3 is 9.97 Å². The van der Waals surface area contributed by atoms with Gasteiger partial charge in [-0.15, -0.1) is 0 Å². The van der Waals surface area contributed by atoms with Gasteiger partial charge >= 0.3 is 0 Å². The van der Waals surface area contributed by atoms with E-state index >= 15 is 0 Å². The SMILES string of the molecule is Cc1ncccc1C(c1ccc[nH]1)c1ccc[nH]1. The molecule has 0 aliphatic carbocycles. The zero-order valence-electron chi connectivity index (χ0n) is 10.2. The van der Waals surface area contributed by atoms with E-state index in [1.807, 2.05) is 43.7 Å². The maximum absolute atomic E-state index is 4.39. The van der Waals surface area contributed by atoms with Crippen LogP contribution in [-0.4, -0.2) is 15.0 Å². The summed E-state index contributed by atoms with van der Waals surface area (Å²) in [6, 6.07) is 12.4. The normalized spacial score (nSPS) is 11.0. The van der Waals surface area contributed by atoms with Crippen LogP contribution in [0.15, 0.2) is 55.0 Å². The van der Waals surface area contributed by atoms with Crippen molar-refractivity contribution in [3.8, 4) is 0 Å². The fourth-order valence-corrected chi connectivity index (χ4v) is 2.35. The van der Waals surface area contributed by atoms with Crippen LogP contribution >= 0.6 is 0 Å². The molecule has 3 rings (SSSR count). The van der Waals surface area contributed by atoms with Gasteiger partial charge in [-0.1, -0.05) is 6.07 Å². The van der Waals surface area contributed by atoms with E-state index in [2.05, 4.69) is 33.2 Å². The predicted octanol–water partition coefficient (Wildman–Crippen LogP) is 3.23. The molecule has 18 heavy (non-hydrogen) atoms. The minimum Gasteiger partial charge on any atom is -0.364 e. The van der Waals surface area contributed by atoms with Gasteiger partial charge in [0.25, 0.3) is 0 Å². The summed E-state index contributed by atoms with van der Waals surface area (Å²) < 4.78 is 0. The molecule has 3 nitrogen and oxygen atoms in total. The van der Waals surface area contributed by atoms with Crippen LogP contribution in [0.1, 0.15) is 28.6 Å². The van der Waals surface area contributed by atoms with Crippen LogP contribution in [0.25, 0.3) is 0 Å². The van der Waals surface area contributed by atoms with Crippen LogP contribution < -0.4 is 0 Å². The molecular weight excluding hydrogens is 222 g/mol. The lowest BCUT2D eigenvalue weighted by atomic mass is 9.92. The summed E-state index contributed by atoms with van der Waals surface area (Å²) in [7, 11) is 0. The summed E-state index contributed by atoms with van der Waals surface area (Å²) in [4.78, 5) is 11.0. The Morgan fingerprint density at radius 1 is 0.944 bits per heavy atom. The number of hydrogen-bond donors (Lipinski definition) is 2. The Kier molecular flexibility index (Phi) is 2.73. The van der Waals surface area contributed by atoms with Crippen LogP contribution in [0.4, 0.5) is 0 Å². The molecule has 0 bridgehead atoms. The highest BCUT2D eigenvalue weighted by Crippen LogP contribution is 2.30. The Morgan fingerprint density at radius 3 is 2.11 bits per heavy atom. The van der Waals surface area contributed by atoms with Gasteiger partial charge in [-0.2, -0.15) is 0 Å². The lowest BCUT2D eigenvalue weighted by Crippen LogP contribution is -2.06. The summed E-state index contributed by atoms with van der Waals surface area (Å²) in [6.45, 7) is 2.05. The van der Waals surface area contributed by atoms with Crippen molar-refractivity contribution in [2.24, 2.45) is 0 Å². The van der Waals surface area contributed by atoms with E-state index in [1.165, 1.54) is 17.0 Å². The lowest BCUT2D eigenvalue weighted by molar-refractivity contribution is 0.875. The Balaban J connectivity index is 2.15. The Labute approximate surface area is 106 Å². The Morgan fingerprint density at radius 2 is 1.61 bits per heavy atom. The first-order valence-corrected chi connectivity index (χ1v) is 6.04. The van der Waals surface area contributed by atoms with Crippen LogP contribution in [0, 0.1) is 6.92 Å². The number of pyridine rings is 1. The van der Waals surface area contributed by atoms with Crippen molar-refractivity contribution in [1.29, 1.82) is 0 Å². The molecule has 0 spiro atoms. The second kappa shape index (κ2) is 4.53. The number of aromatic nitrogens is 3. The Hall–Kier alpha value is -2.29. The highest BCUT2D eigenvalue weighted by Gasteiger charge is 2.20. The smallest absolute Gasteiger partial charge is 0.0659 e. The second-order valence-corrected chi connectivity index (χ2v) is 4.36. The van der Waals surface area contributed by atoms with Crippen molar-refractivity contribution in [2.45, 2.75) is 12.8 Å². The van der Waals surface area contributed by atoms with Crippen molar-refractivity contribution in [3.63, 3.8) is 0 Å². The summed E-state index contributed by atoms with van der Waals surface area (Å²) in [5.41, 5.74) is 4.64. The van der Waals surface area contributed by atoms with Crippen LogP contribution in [-0.2, 0) is 0 Å². The molecule has 0 aromatic carbocycles. The highest BCUT2D eigenvalue weighted by molar-refractivity contribution is 5.39. The maximum atomic E-state index is 4.39. The molecule has 3 heterocycles. The average Bonchev–Trinajstić information content (AvgIpc) is 3.05. The number of aromatic amines is 2. The summed E-state index contributed by atoms with van der Waals surface area (Å²) in [6.07, 6.45) is 5.74. The summed E-state index contributed by atoms with van der Waals surface area (Å²) >= 11 is 0. The van der Waals surface area contributed by atoms with Gasteiger partial charge in [0.2, 0.25) is 0 Å². The van der Waals surface area contributed by atoms with E-state index in [0.717, 1.165) is 5.69 Å². The van der Waals surface area contributed by atoms with Crippen molar-refractivity contribution >= 4 is 0 Å². The molecule has 0 unspecified atom stereocenters. The van der Waals surface area contributed by atoms with Crippen LogP contribution in [0.2, 0.25) is 0 Å². The number of nitrogens with zero attached hydrogens (tertiary/aromatic N) is 1. The van der Waals surface area contributed by atoms with Gasteiger partial charge in [0.15, 0.2) is 0 Å². The molecule has 90 valence electrons. The second-order valence-electron chi connectivity index (χ2n) is 4.36. The third-order valence-electron chi connectivity index (χ3n) is 3.22. The fraction of sp³-hybridized carbons (Fsp3) is 0.133. The van der Waals surface area contributed by atoms with Crippen molar-refractivity contribution in [3.05, 3.63) is 77.6 Å². The zero-order valence-corrected chi connectivity index (χ0v) is 10.2. The van der Waals surface area contributed by atoms with Gasteiger partial charge in [0.05, 0.1) is 5.92 Å². The molecule has 3 heteroatoms. The third kappa shape index (κ3) is 1.84. The summed E-state index contributed by atoms with van der Waals surface area (Å²) in [5.74, 6) is 0.184. The number of nitrogens with one attached hydrogen (secondary N) is 2. The number of hydrogen-bond acceptors (Lipinski definition) is 1. The molecule has 0 fully saturated rings. The van der Waals surface area contributed by atoms with Gasteiger partial charge in [0, 0.05) is 35.7 Å². The first-order chi connectivity index (χ1) is 8.86. The number of aryl methyl sites for hydroxylation is 1. The predicted molar refractivity (Wildman–Crippen MR) is 71.5 cm³/mol. The topological polar surface area (TPSA) is 44.5 Å². The minimum atomic E-state index is 0.184. The lowest BCUT2D eigenvalue weighted by Gasteiger charge is -2.16. The quantitative estimate of drug-likeness (QED) is 0.721. The van der Waals surface area contributed by atoms with Crippen molar-refractivity contribution in [2.75, 3.05) is 0 Å². The molecule has 3 aromatic heterocycles. The molecule has 2 N–H and O–H groups in total. The third-order valence-corrected chi connectivity index (χ3v) is 3.22. The largest absolute Gasteiger partial charge is 0.364 e. The average molecular weight is 237 g/mol. The summed E-state index contributed by atoms with van der Waals surface area (Å²) in [5, 5.41) is 0. The van der Waals surface area contributed by atoms with Crippen molar-refractivity contribution < 1.29 is 0 Å². The van der Waals surface area contributed by atoms with Gasteiger partial charge in [0.1, 0.15) is 0 Å². The molecule has 0 atom stereocenters. The number of H-pyrrole nitrogens is 2. The Bertz CT molecular complexity index is 575. The molecular formula is C15H15N3. The maximum Gasteiger partial charge on any atom is 0.0659 e. The molecule has 0 aliphatic heterocycles. The van der Waals surface area contributed by atoms with Gasteiger partial charge in [-0.05, 0) is 42.8 Å². The van der Waals surface area contributed by atoms with Crippen LogP contribution in [0.5, 0.6) is 0 Å². The first-order valence-electron chi connectivity index (χ1n) is 6.04. The molecule has 0 radical (unpaired) electrons. The standard InChI is InChI=1S/C15H15N3/c1-11-12(5-2-8-16-11)15(13-6-3-9-17-13)14-7-4-10-18-14/h2-10,15,17-18H,1H3. The van der Waals surface area contributed by atoms with E-state index in [0.29, 0.717) is 0 Å². The number of rotatable bonds is 3. The van der Waals surface area contributed by atoms with E-state index < -0.39 is 0 Å². The first kappa shape index (κ1) is 10.8. The monoisotopic (exact) mass is 237 g/mol. The van der Waals surface area contributed by atoms with E-state index in [4.69, 9.17) is 0 Å². The van der Waals surface area contributed by atoms with E-state index in [-0.39, 0.29) is 5.92 Å². The molecule has 0 amide bonds. The zero-order chi connectivity index (χ0) is 12.4. The van der Waals surface area contributed by atoms with E-state index in [9.17, 15) is 0 Å². The molecule has 0 aliphatic rings. The van der Waals surface area contributed by atoms with Crippen molar-refractivity contribution in [1.82, 2.24) is 15.0 Å². The molecule has 3 aromatic rings. The minimum absolute atomic E-state index is 0.184. The van der Waals surface area contributed by atoms with Gasteiger partial charge in [-0.25, -0.2) is 0 Å². The molecule has 0 saturated carbocycles.